The van der Waals surface area contributed by atoms with Gasteiger partial charge in [0.2, 0.25) is 0 Å². The lowest BCUT2D eigenvalue weighted by Crippen LogP contribution is -2.52. The summed E-state index contributed by atoms with van der Waals surface area (Å²) in [4.78, 5) is 1.63. The van der Waals surface area contributed by atoms with E-state index < -0.39 is 11.6 Å². The molecule has 4 heteroatoms. The molecule has 76 valence electrons. The van der Waals surface area contributed by atoms with E-state index in [-0.39, 0.29) is 5.69 Å². The summed E-state index contributed by atoms with van der Waals surface area (Å²) < 4.78 is 26.9. The molecule has 1 aliphatic rings. The van der Waals surface area contributed by atoms with Crippen molar-refractivity contribution in [2.24, 2.45) is 0 Å². The smallest absolute Gasteiger partial charge is 0.149 e. The Kier molecular flexibility index (Phi) is 2.37. The van der Waals surface area contributed by atoms with Crippen LogP contribution >= 0.6 is 0 Å². The first-order valence-electron chi connectivity index (χ1n) is 4.66. The molecule has 1 aliphatic heterocycles. The van der Waals surface area contributed by atoms with Crippen molar-refractivity contribution < 1.29 is 8.78 Å². The quantitative estimate of drug-likeness (QED) is 0.780. The summed E-state index contributed by atoms with van der Waals surface area (Å²) in [6.07, 6.45) is 0.645. The van der Waals surface area contributed by atoms with Gasteiger partial charge in [0.25, 0.3) is 0 Å². The van der Waals surface area contributed by atoms with Crippen molar-refractivity contribution in [1.82, 2.24) is 5.32 Å². The van der Waals surface area contributed by atoms with E-state index in [9.17, 15) is 8.78 Å². The van der Waals surface area contributed by atoms with Crippen LogP contribution in [0.25, 0.3) is 0 Å². The van der Waals surface area contributed by atoms with Gasteiger partial charge < -0.3 is 4.90 Å². The van der Waals surface area contributed by atoms with Crippen molar-refractivity contribution in [3.63, 3.8) is 0 Å². The van der Waals surface area contributed by atoms with Crippen molar-refractivity contribution in [2.45, 2.75) is 13.3 Å². The third kappa shape index (κ3) is 1.46. The summed E-state index contributed by atoms with van der Waals surface area (Å²) >= 11 is 0. The topological polar surface area (TPSA) is 15.3 Å². The second kappa shape index (κ2) is 3.53. The van der Waals surface area contributed by atoms with Gasteiger partial charge >= 0.3 is 0 Å². The third-order valence-corrected chi connectivity index (χ3v) is 2.41. The maximum absolute atomic E-state index is 13.5. The molecular weight excluding hydrogens is 186 g/mol. The van der Waals surface area contributed by atoms with Gasteiger partial charge in [0.1, 0.15) is 17.3 Å². The van der Waals surface area contributed by atoms with Gasteiger partial charge in [0.15, 0.2) is 0 Å². The van der Waals surface area contributed by atoms with Crippen LogP contribution in [0.2, 0.25) is 0 Å². The molecule has 0 bridgehead atoms. The summed E-state index contributed by atoms with van der Waals surface area (Å²) in [5.74, 6) is -0.938. The summed E-state index contributed by atoms with van der Waals surface area (Å²) in [5.41, 5.74) is 0.776. The predicted molar refractivity (Wildman–Crippen MR) is 51.1 cm³/mol. The van der Waals surface area contributed by atoms with E-state index in [1.807, 2.05) is 6.92 Å². The van der Waals surface area contributed by atoms with E-state index in [0.29, 0.717) is 25.3 Å². The van der Waals surface area contributed by atoms with Crippen molar-refractivity contribution in [1.29, 1.82) is 0 Å². The largest absolute Gasteiger partial charge is 0.341 e. The summed E-state index contributed by atoms with van der Waals surface area (Å²) in [6.45, 7) is 2.90. The molecule has 0 spiro atoms. The number of hydrogen-bond acceptors (Lipinski definition) is 2. The highest BCUT2D eigenvalue weighted by atomic mass is 19.1. The van der Waals surface area contributed by atoms with E-state index in [1.54, 1.807) is 4.90 Å². The fourth-order valence-electron chi connectivity index (χ4n) is 1.51. The van der Waals surface area contributed by atoms with Crippen molar-refractivity contribution in [3.8, 4) is 0 Å². The average Bonchev–Trinajstić information content (AvgIpc) is 2.07. The molecule has 2 rings (SSSR count). The van der Waals surface area contributed by atoms with Gasteiger partial charge in [-0.1, -0.05) is 6.92 Å². The van der Waals surface area contributed by atoms with Crippen LogP contribution in [0.1, 0.15) is 12.5 Å². The zero-order valence-electron chi connectivity index (χ0n) is 7.98. The Bertz CT molecular complexity index is 325. The van der Waals surface area contributed by atoms with E-state index >= 15 is 0 Å². The van der Waals surface area contributed by atoms with Gasteiger partial charge in [-0.05, 0) is 24.1 Å². The van der Waals surface area contributed by atoms with Crippen LogP contribution in [-0.2, 0) is 6.42 Å². The van der Waals surface area contributed by atoms with Crippen molar-refractivity contribution in [2.75, 3.05) is 18.2 Å². The maximum Gasteiger partial charge on any atom is 0.149 e. The minimum Gasteiger partial charge on any atom is -0.341 e. The van der Waals surface area contributed by atoms with Crippen LogP contribution < -0.4 is 10.2 Å². The van der Waals surface area contributed by atoms with Gasteiger partial charge in [0, 0.05) is 0 Å². The van der Waals surface area contributed by atoms with Gasteiger partial charge in [-0.2, -0.15) is 0 Å². The Hall–Kier alpha value is -1.16. The zero-order chi connectivity index (χ0) is 10.1. The monoisotopic (exact) mass is 198 g/mol. The van der Waals surface area contributed by atoms with Gasteiger partial charge in [0.05, 0.1) is 13.3 Å². The lowest BCUT2D eigenvalue weighted by molar-refractivity contribution is 0.487. The molecule has 0 aliphatic carbocycles. The van der Waals surface area contributed by atoms with Crippen LogP contribution in [0.4, 0.5) is 14.5 Å². The minimum atomic E-state index is -0.469. The molecular formula is C10H12F2N2. The first kappa shape index (κ1) is 9.40. The highest BCUT2D eigenvalue weighted by Crippen LogP contribution is 2.26. The molecule has 0 aromatic heterocycles. The van der Waals surface area contributed by atoms with Crippen molar-refractivity contribution >= 4 is 5.69 Å². The van der Waals surface area contributed by atoms with Crippen LogP contribution in [0.5, 0.6) is 0 Å². The summed E-state index contributed by atoms with van der Waals surface area (Å²) in [6, 6.07) is 2.80. The molecule has 1 heterocycles. The molecule has 0 saturated carbocycles. The van der Waals surface area contributed by atoms with E-state index in [4.69, 9.17) is 0 Å². The molecule has 0 amide bonds. The van der Waals surface area contributed by atoms with Crippen LogP contribution in [0, 0.1) is 11.6 Å². The Morgan fingerprint density at radius 3 is 2.21 bits per heavy atom. The summed E-state index contributed by atoms with van der Waals surface area (Å²) in [5, 5.41) is 2.94. The Labute approximate surface area is 81.5 Å². The highest BCUT2D eigenvalue weighted by Gasteiger charge is 2.21. The molecule has 1 N–H and O–H groups in total. The van der Waals surface area contributed by atoms with Gasteiger partial charge in [-0.3, -0.25) is 5.32 Å². The van der Waals surface area contributed by atoms with Crippen LogP contribution in [0.15, 0.2) is 12.1 Å². The molecule has 1 aromatic carbocycles. The molecule has 1 saturated heterocycles. The molecule has 1 fully saturated rings. The number of benzene rings is 1. The highest BCUT2D eigenvalue weighted by molar-refractivity contribution is 5.51. The number of nitrogens with one attached hydrogen (secondary N) is 1. The fraction of sp³-hybridized carbons (Fsp3) is 0.400. The number of anilines is 1. The molecule has 0 unspecified atom stereocenters. The first-order chi connectivity index (χ1) is 6.72. The minimum absolute atomic E-state index is 0.0842. The molecule has 14 heavy (non-hydrogen) atoms. The zero-order valence-corrected chi connectivity index (χ0v) is 7.98. The first-order valence-corrected chi connectivity index (χ1v) is 4.66. The predicted octanol–water partition coefficient (Wildman–Crippen LogP) is 1.85. The standard InChI is InChI=1S/C10H12F2N2/c1-2-7-3-8(11)10(9(12)4-7)14-5-13-6-14/h3-4,13H,2,5-6H2,1H3. The Balaban J connectivity index is 2.39. The lowest BCUT2D eigenvalue weighted by Gasteiger charge is -2.34. The molecule has 0 radical (unpaired) electrons. The Morgan fingerprint density at radius 1 is 1.29 bits per heavy atom. The van der Waals surface area contributed by atoms with Gasteiger partial charge in [-0.25, -0.2) is 8.78 Å². The third-order valence-electron chi connectivity index (χ3n) is 2.41. The van der Waals surface area contributed by atoms with E-state index in [0.717, 1.165) is 0 Å². The average molecular weight is 198 g/mol. The van der Waals surface area contributed by atoms with Gasteiger partial charge in [-0.15, -0.1) is 0 Å². The SMILES string of the molecule is CCc1cc(F)c(N2CNC2)c(F)c1. The number of aryl methyl sites for hydroxylation is 1. The second-order valence-electron chi connectivity index (χ2n) is 3.37. The van der Waals surface area contributed by atoms with E-state index in [1.165, 1.54) is 12.1 Å². The number of hydrogen-bond donors (Lipinski definition) is 1. The normalized spacial score (nSPS) is 15.5. The summed E-state index contributed by atoms with van der Waals surface area (Å²) in [7, 11) is 0. The number of rotatable bonds is 2. The number of nitrogens with zero attached hydrogens (tertiary/aromatic N) is 1. The Morgan fingerprint density at radius 2 is 1.86 bits per heavy atom. The fourth-order valence-corrected chi connectivity index (χ4v) is 1.51. The maximum atomic E-state index is 13.5. The van der Waals surface area contributed by atoms with Crippen molar-refractivity contribution in [3.05, 3.63) is 29.3 Å². The molecule has 2 nitrogen and oxygen atoms in total. The molecule has 1 aromatic rings. The number of halogens is 2. The second-order valence-corrected chi connectivity index (χ2v) is 3.37. The van der Waals surface area contributed by atoms with Crippen LogP contribution in [-0.4, -0.2) is 13.3 Å². The molecule has 0 atom stereocenters. The van der Waals surface area contributed by atoms with E-state index in [2.05, 4.69) is 5.32 Å². The van der Waals surface area contributed by atoms with Crippen LogP contribution in [0.3, 0.4) is 0 Å². The lowest BCUT2D eigenvalue weighted by atomic mass is 10.1.